The van der Waals surface area contributed by atoms with E-state index in [4.69, 9.17) is 14.6 Å². The Morgan fingerprint density at radius 3 is 2.50 bits per heavy atom. The van der Waals surface area contributed by atoms with Crippen LogP contribution in [-0.4, -0.2) is 26.9 Å². The molecule has 0 aliphatic carbocycles. The zero-order valence-corrected chi connectivity index (χ0v) is 25.1. The summed E-state index contributed by atoms with van der Waals surface area (Å²) < 4.78 is 13.6. The van der Waals surface area contributed by atoms with Gasteiger partial charge in [0, 0.05) is 29.5 Å². The molecule has 0 aliphatic heterocycles. The van der Waals surface area contributed by atoms with Crippen LogP contribution in [0.1, 0.15) is 40.7 Å². The third kappa shape index (κ3) is 8.01. The van der Waals surface area contributed by atoms with Crippen LogP contribution in [0, 0.1) is 0 Å². The molecule has 6 rings (SSSR count). The van der Waals surface area contributed by atoms with Crippen LogP contribution in [0.5, 0.6) is 11.5 Å². The first-order valence-electron chi connectivity index (χ1n) is 14.5. The van der Waals surface area contributed by atoms with E-state index in [2.05, 4.69) is 83.3 Å². The number of methoxy groups -OCH3 is 1. The van der Waals surface area contributed by atoms with Gasteiger partial charge in [-0.15, -0.1) is 6.58 Å². The molecule has 0 atom stereocenters. The minimum atomic E-state index is 0.396. The topological polar surface area (TPSA) is 65.0 Å². The van der Waals surface area contributed by atoms with Crippen LogP contribution < -0.4 is 9.47 Å². The molecule has 0 aliphatic rings. The number of nitrogens with one attached hydrogen (secondary N) is 1. The van der Waals surface area contributed by atoms with E-state index in [0.717, 1.165) is 45.2 Å². The predicted octanol–water partition coefficient (Wildman–Crippen LogP) is 8.93. The van der Waals surface area contributed by atoms with Gasteiger partial charge in [-0.1, -0.05) is 60.7 Å². The molecule has 0 unspecified atom stereocenters. The van der Waals surface area contributed by atoms with Crippen LogP contribution in [0.4, 0.5) is 0 Å². The maximum absolute atomic E-state index is 5.92. The summed E-state index contributed by atoms with van der Waals surface area (Å²) in [6.45, 7) is 6.32. The van der Waals surface area contributed by atoms with Crippen LogP contribution in [0.3, 0.4) is 0 Å². The Balaban J connectivity index is 0.00000123. The number of H-pyrrole nitrogens is 1. The van der Waals surface area contributed by atoms with Gasteiger partial charge in [0.25, 0.3) is 0 Å². The van der Waals surface area contributed by atoms with E-state index in [0.29, 0.717) is 13.2 Å². The van der Waals surface area contributed by atoms with E-state index in [9.17, 15) is 0 Å². The van der Waals surface area contributed by atoms with Crippen molar-refractivity contribution in [2.24, 2.45) is 0 Å². The van der Waals surface area contributed by atoms with Gasteiger partial charge >= 0.3 is 0 Å². The number of aromatic amines is 1. The molecule has 0 spiro atoms. The lowest BCUT2D eigenvalue weighted by Gasteiger charge is -2.09. The summed E-state index contributed by atoms with van der Waals surface area (Å²) in [4.78, 5) is 7.59. The second-order valence-electron chi connectivity index (χ2n) is 10.1. The van der Waals surface area contributed by atoms with Crippen molar-refractivity contribution in [1.29, 1.82) is 0 Å². The van der Waals surface area contributed by atoms with Gasteiger partial charge in [-0.2, -0.15) is 5.10 Å². The van der Waals surface area contributed by atoms with Gasteiger partial charge in [0.2, 0.25) is 0 Å². The van der Waals surface area contributed by atoms with Crippen molar-refractivity contribution in [3.63, 3.8) is 0 Å². The van der Waals surface area contributed by atoms with Crippen molar-refractivity contribution < 1.29 is 9.47 Å². The van der Waals surface area contributed by atoms with Gasteiger partial charge in [-0.25, -0.2) is 0 Å². The summed E-state index contributed by atoms with van der Waals surface area (Å²) in [6, 6.07) is 32.6. The Bertz CT molecular complexity index is 1850. The van der Waals surface area contributed by atoms with E-state index < -0.39 is 0 Å². The summed E-state index contributed by atoms with van der Waals surface area (Å²) in [5.41, 5.74) is 7.12. The summed E-state index contributed by atoms with van der Waals surface area (Å²) in [5.74, 6) is 1.45. The summed E-state index contributed by atoms with van der Waals surface area (Å²) in [6.07, 6.45) is 13.7. The van der Waals surface area contributed by atoms with Crippen molar-refractivity contribution in [2.45, 2.75) is 20.1 Å². The van der Waals surface area contributed by atoms with Gasteiger partial charge in [-0.05, 0) is 84.1 Å². The molecule has 0 fully saturated rings. The zero-order valence-electron chi connectivity index (χ0n) is 25.1. The molecule has 6 aromatic rings. The Morgan fingerprint density at radius 2 is 1.70 bits per heavy atom. The number of benzene rings is 3. The minimum Gasteiger partial charge on any atom is -0.496 e. The lowest BCUT2D eigenvalue weighted by molar-refractivity contribution is 0.299. The van der Waals surface area contributed by atoms with Gasteiger partial charge in [0.05, 0.1) is 30.7 Å². The second-order valence-corrected chi connectivity index (χ2v) is 10.1. The fraction of sp³-hybridized carbons (Fsp3) is 0.105. The van der Waals surface area contributed by atoms with Crippen molar-refractivity contribution in [3.8, 4) is 11.5 Å². The molecule has 220 valence electrons. The summed E-state index contributed by atoms with van der Waals surface area (Å²) in [5, 5.41) is 6.11. The Kier molecular flexibility index (Phi) is 10.2. The molecule has 6 heteroatoms. The monoisotopic (exact) mass is 580 g/mol. The summed E-state index contributed by atoms with van der Waals surface area (Å²) >= 11 is 0. The average Bonchev–Trinajstić information content (AvgIpc) is 3.69. The maximum Gasteiger partial charge on any atom is 0.130 e. The second kappa shape index (κ2) is 15.0. The molecule has 3 aromatic heterocycles. The minimum absolute atomic E-state index is 0.396. The predicted molar refractivity (Wildman–Crippen MR) is 181 cm³/mol. The molecule has 0 saturated carbocycles. The molecule has 44 heavy (non-hydrogen) atoms. The lowest BCUT2D eigenvalue weighted by Crippen LogP contribution is -2.03. The highest BCUT2D eigenvalue weighted by molar-refractivity contribution is 5.83. The van der Waals surface area contributed by atoms with E-state index in [1.807, 2.05) is 72.4 Å². The van der Waals surface area contributed by atoms with E-state index >= 15 is 0 Å². The molecule has 3 heterocycles. The van der Waals surface area contributed by atoms with Crippen LogP contribution in [0.25, 0.3) is 35.2 Å². The van der Waals surface area contributed by atoms with E-state index in [-0.39, 0.29) is 0 Å². The SMILES string of the molecule is C=CC.COc1cc(OCc2ccccn2)ccc1/C=C/c1cc(/C=C/c2ccc3cc[nH]c3c2)n(Cc2ccccc2)n1. The lowest BCUT2D eigenvalue weighted by atomic mass is 10.1. The third-order valence-corrected chi connectivity index (χ3v) is 6.78. The first kappa shape index (κ1) is 29.9. The average molecular weight is 581 g/mol. The first-order chi connectivity index (χ1) is 21.6. The highest BCUT2D eigenvalue weighted by atomic mass is 16.5. The maximum atomic E-state index is 5.92. The quantitative estimate of drug-likeness (QED) is 0.164. The first-order valence-corrected chi connectivity index (χ1v) is 14.5. The van der Waals surface area contributed by atoms with Gasteiger partial charge in [0.1, 0.15) is 18.1 Å². The van der Waals surface area contributed by atoms with Crippen LogP contribution >= 0.6 is 0 Å². The highest BCUT2D eigenvalue weighted by Crippen LogP contribution is 2.27. The van der Waals surface area contributed by atoms with Crippen molar-refractivity contribution >= 4 is 35.2 Å². The molecule has 0 radical (unpaired) electrons. The van der Waals surface area contributed by atoms with Crippen molar-refractivity contribution in [2.75, 3.05) is 7.11 Å². The fourth-order valence-corrected chi connectivity index (χ4v) is 4.64. The number of allylic oxidation sites excluding steroid dienone is 1. The molecule has 0 amide bonds. The van der Waals surface area contributed by atoms with Gasteiger partial charge in [0.15, 0.2) is 0 Å². The number of aromatic nitrogens is 4. The zero-order chi connectivity index (χ0) is 30.6. The number of fused-ring (bicyclic) bond motifs is 1. The number of hydrogen-bond donors (Lipinski definition) is 1. The van der Waals surface area contributed by atoms with Gasteiger partial charge < -0.3 is 14.5 Å². The third-order valence-electron chi connectivity index (χ3n) is 6.78. The molecule has 0 saturated heterocycles. The number of ether oxygens (including phenoxy) is 2. The van der Waals surface area contributed by atoms with Crippen LogP contribution in [0.15, 0.2) is 122 Å². The van der Waals surface area contributed by atoms with Crippen molar-refractivity contribution in [3.05, 3.63) is 156 Å². The molecule has 6 nitrogen and oxygen atoms in total. The molecular weight excluding hydrogens is 544 g/mol. The van der Waals surface area contributed by atoms with Crippen LogP contribution in [0.2, 0.25) is 0 Å². The fourth-order valence-electron chi connectivity index (χ4n) is 4.64. The largest absolute Gasteiger partial charge is 0.496 e. The molecule has 3 aromatic carbocycles. The number of hydrogen-bond acceptors (Lipinski definition) is 4. The number of rotatable bonds is 10. The smallest absolute Gasteiger partial charge is 0.130 e. The highest BCUT2D eigenvalue weighted by Gasteiger charge is 2.08. The van der Waals surface area contributed by atoms with Gasteiger partial charge in [-0.3, -0.25) is 9.67 Å². The summed E-state index contributed by atoms with van der Waals surface area (Å²) in [7, 11) is 1.66. The normalized spacial score (nSPS) is 11.0. The number of pyridine rings is 1. The molecular formula is C38H36N4O2. The van der Waals surface area contributed by atoms with Crippen molar-refractivity contribution in [1.82, 2.24) is 19.7 Å². The Labute approximate surface area is 258 Å². The van der Waals surface area contributed by atoms with Crippen LogP contribution in [-0.2, 0) is 13.2 Å². The Morgan fingerprint density at radius 1 is 0.864 bits per heavy atom. The Hall–Kier alpha value is -5.62. The standard InChI is InChI=1S/C35H30N4O2.C3H6/c1-40-35-23-33(41-25-31-9-5-6-19-36-31)17-14-29(35)13-15-30-22-32(39(38-30)24-27-7-3-2-4-8-27)16-11-26-10-12-28-18-20-37-34(28)21-26;1-3-2/h2-23,37H,24-25H2,1H3;3H,1H2,2H3/b15-13+,16-11+;. The number of nitrogens with zero attached hydrogens (tertiary/aromatic N) is 3. The molecule has 0 bridgehead atoms. The molecule has 1 N–H and O–H groups in total. The van der Waals surface area contributed by atoms with E-state index in [1.165, 1.54) is 10.9 Å². The van der Waals surface area contributed by atoms with E-state index in [1.54, 1.807) is 19.4 Å².